The lowest BCUT2D eigenvalue weighted by molar-refractivity contribution is -0.235. The molecule has 0 aromatic rings. The fourth-order valence-electron chi connectivity index (χ4n) is 7.71. The predicted molar refractivity (Wildman–Crippen MR) is 87.9 cm³/mol. The number of aliphatic hydroxyl groups is 2. The van der Waals surface area contributed by atoms with E-state index in [-0.39, 0.29) is 0 Å². The van der Waals surface area contributed by atoms with Crippen LogP contribution in [0, 0.1) is 23.7 Å². The molecule has 6 nitrogen and oxygen atoms in total. The highest BCUT2D eigenvalue weighted by Gasteiger charge is 2.70. The number of ether oxygens (including phenoxy) is 4. The van der Waals surface area contributed by atoms with Gasteiger partial charge in [-0.2, -0.15) is 0 Å². The van der Waals surface area contributed by atoms with Crippen LogP contribution in [0.1, 0.15) is 51.4 Å². The molecule has 0 aromatic carbocycles. The molecule has 2 heterocycles. The Morgan fingerprint density at radius 1 is 0.577 bits per heavy atom. The highest BCUT2D eigenvalue weighted by Crippen LogP contribution is 2.61. The van der Waals surface area contributed by atoms with Gasteiger partial charge in [0.1, 0.15) is 36.6 Å². The van der Waals surface area contributed by atoms with E-state index < -0.39 is 48.2 Å². The van der Waals surface area contributed by atoms with Crippen LogP contribution in [0.2, 0.25) is 0 Å². The van der Waals surface area contributed by atoms with Crippen LogP contribution in [0.4, 0.5) is 0 Å². The summed E-state index contributed by atoms with van der Waals surface area (Å²) in [6.07, 6.45) is 5.21. The Balaban J connectivity index is 1.18. The van der Waals surface area contributed by atoms with Crippen molar-refractivity contribution in [2.75, 3.05) is 0 Å². The van der Waals surface area contributed by atoms with E-state index in [9.17, 15) is 10.2 Å². The smallest absolute Gasteiger partial charge is 0.172 e. The maximum absolute atomic E-state index is 11.1. The van der Waals surface area contributed by atoms with Crippen molar-refractivity contribution in [1.29, 1.82) is 0 Å². The van der Waals surface area contributed by atoms with Crippen molar-refractivity contribution >= 4 is 0 Å². The van der Waals surface area contributed by atoms with Gasteiger partial charge in [0.2, 0.25) is 0 Å². The van der Waals surface area contributed by atoms with Gasteiger partial charge in [0.25, 0.3) is 0 Å². The van der Waals surface area contributed by atoms with Crippen LogP contribution in [0.3, 0.4) is 0 Å². The van der Waals surface area contributed by atoms with Crippen molar-refractivity contribution in [3.05, 3.63) is 0 Å². The summed E-state index contributed by atoms with van der Waals surface area (Å²) in [5, 5.41) is 22.1. The molecule has 2 N–H and O–H groups in total. The van der Waals surface area contributed by atoms with Gasteiger partial charge in [0.15, 0.2) is 11.6 Å². The number of hydrogen-bond acceptors (Lipinski definition) is 6. The maximum Gasteiger partial charge on any atom is 0.172 e. The van der Waals surface area contributed by atoms with E-state index in [1.807, 2.05) is 0 Å². The van der Waals surface area contributed by atoms with Crippen molar-refractivity contribution in [1.82, 2.24) is 0 Å². The molecule has 2 spiro atoms. The molecule has 144 valence electrons. The minimum atomic E-state index is -0.801. The molecule has 8 unspecified atom stereocenters. The molecule has 2 aliphatic heterocycles. The predicted octanol–water partition coefficient (Wildman–Crippen LogP) is 1.32. The minimum absolute atomic E-state index is 0.399. The average molecular weight is 364 g/mol. The average Bonchev–Trinajstić information content (AvgIpc) is 3.43. The summed E-state index contributed by atoms with van der Waals surface area (Å²) in [5.74, 6) is 0.941. The molecule has 7 fully saturated rings. The highest BCUT2D eigenvalue weighted by molar-refractivity contribution is 5.13. The quantitative estimate of drug-likeness (QED) is 0.675. The van der Waals surface area contributed by atoms with Gasteiger partial charge in [0, 0.05) is 24.7 Å². The van der Waals surface area contributed by atoms with Gasteiger partial charge >= 0.3 is 0 Å². The summed E-state index contributed by atoms with van der Waals surface area (Å²) in [7, 11) is 0. The monoisotopic (exact) mass is 364 g/mol. The van der Waals surface area contributed by atoms with Crippen molar-refractivity contribution in [2.24, 2.45) is 23.7 Å². The molecule has 10 atom stereocenters. The van der Waals surface area contributed by atoms with Gasteiger partial charge in [0.05, 0.1) is 0 Å². The van der Waals surface area contributed by atoms with Crippen molar-refractivity contribution in [3.8, 4) is 0 Å². The Morgan fingerprint density at radius 3 is 1.23 bits per heavy atom. The fourth-order valence-corrected chi connectivity index (χ4v) is 7.71. The SMILES string of the molecule is OC1C2OC3(CC4CCC3C4)OC2C(O)[C@@H]2OC3(CC4CCC3C4)O[C@@H]12. The molecule has 26 heavy (non-hydrogen) atoms. The lowest BCUT2D eigenvalue weighted by atomic mass is 9.85. The molecule has 4 bridgehead atoms. The molecule has 6 heteroatoms. The van der Waals surface area contributed by atoms with E-state index in [0.717, 1.165) is 38.5 Å². The zero-order valence-electron chi connectivity index (χ0n) is 15.0. The van der Waals surface area contributed by atoms with E-state index >= 15 is 0 Å². The second-order valence-electron chi connectivity index (χ2n) is 10.1. The topological polar surface area (TPSA) is 77.4 Å². The van der Waals surface area contributed by atoms with Crippen molar-refractivity contribution < 1.29 is 29.2 Å². The Hall–Kier alpha value is -0.240. The second kappa shape index (κ2) is 4.84. The van der Waals surface area contributed by atoms with E-state index in [2.05, 4.69) is 0 Å². The number of rotatable bonds is 0. The first-order valence-corrected chi connectivity index (χ1v) is 10.6. The number of hydrogen-bond donors (Lipinski definition) is 2. The standard InChI is InChI=1S/C20H28O6/c21-13-15-16(24-19(23-15)7-9-1-3-11(19)5-9)14(22)18-17(13)25-20(26-18)8-10-2-4-12(20)6-10/h9-18,21-22H,1-8H2/t9?,10?,11?,12?,13?,14?,15-,16-,17?,18?,19?,20?/m0/s1. The van der Waals surface area contributed by atoms with Crippen LogP contribution in [0.15, 0.2) is 0 Å². The first kappa shape index (κ1) is 15.7. The molecular weight excluding hydrogens is 336 g/mol. The zero-order chi connectivity index (χ0) is 17.3. The van der Waals surface area contributed by atoms with E-state index in [0.29, 0.717) is 23.7 Å². The Labute approximate surface area is 153 Å². The van der Waals surface area contributed by atoms with E-state index in [1.54, 1.807) is 0 Å². The third kappa shape index (κ3) is 1.75. The van der Waals surface area contributed by atoms with Crippen LogP contribution in [0.25, 0.3) is 0 Å². The van der Waals surface area contributed by atoms with Crippen LogP contribution >= 0.6 is 0 Å². The molecule has 0 aromatic heterocycles. The lowest BCUT2D eigenvalue weighted by Gasteiger charge is -2.38. The summed E-state index contributed by atoms with van der Waals surface area (Å²) in [4.78, 5) is 0. The molecule has 0 radical (unpaired) electrons. The Kier molecular flexibility index (Phi) is 2.91. The summed E-state index contributed by atoms with van der Waals surface area (Å²) in [6, 6.07) is 0. The van der Waals surface area contributed by atoms with E-state index in [1.165, 1.54) is 12.8 Å². The van der Waals surface area contributed by atoms with Gasteiger partial charge in [-0.3, -0.25) is 0 Å². The zero-order valence-corrected chi connectivity index (χ0v) is 15.0. The van der Waals surface area contributed by atoms with Crippen LogP contribution in [-0.4, -0.2) is 58.4 Å². The van der Waals surface area contributed by atoms with Crippen molar-refractivity contribution in [3.63, 3.8) is 0 Å². The third-order valence-electron chi connectivity index (χ3n) is 8.81. The van der Waals surface area contributed by atoms with Crippen LogP contribution in [0.5, 0.6) is 0 Å². The van der Waals surface area contributed by atoms with Crippen LogP contribution < -0.4 is 0 Å². The summed E-state index contributed by atoms with van der Waals surface area (Å²) < 4.78 is 25.5. The van der Waals surface area contributed by atoms with Gasteiger partial charge < -0.3 is 29.2 Å². The fraction of sp³-hybridized carbons (Fsp3) is 1.00. The first-order valence-electron chi connectivity index (χ1n) is 10.6. The van der Waals surface area contributed by atoms with Gasteiger partial charge in [-0.15, -0.1) is 0 Å². The molecule has 7 aliphatic rings. The molecule has 0 amide bonds. The number of fused-ring (bicyclic) bond motifs is 8. The third-order valence-corrected chi connectivity index (χ3v) is 8.81. The van der Waals surface area contributed by atoms with E-state index in [4.69, 9.17) is 18.9 Å². The maximum atomic E-state index is 11.1. The molecule has 2 saturated heterocycles. The van der Waals surface area contributed by atoms with Gasteiger partial charge in [-0.25, -0.2) is 0 Å². The lowest BCUT2D eigenvalue weighted by Crippen LogP contribution is -2.61. The summed E-state index contributed by atoms with van der Waals surface area (Å²) in [6.45, 7) is 0. The second-order valence-corrected chi connectivity index (χ2v) is 10.1. The van der Waals surface area contributed by atoms with Gasteiger partial charge in [-0.1, -0.05) is 0 Å². The largest absolute Gasteiger partial charge is 0.387 e. The summed E-state index contributed by atoms with van der Waals surface area (Å²) >= 11 is 0. The first-order chi connectivity index (χ1) is 12.6. The number of aliphatic hydroxyl groups excluding tert-OH is 2. The van der Waals surface area contributed by atoms with Gasteiger partial charge in [-0.05, 0) is 50.4 Å². The molecule has 5 saturated carbocycles. The highest BCUT2D eigenvalue weighted by atomic mass is 16.8. The van der Waals surface area contributed by atoms with Crippen molar-refractivity contribution in [2.45, 2.75) is 99.6 Å². The molecule has 5 aliphatic carbocycles. The molecule has 7 rings (SSSR count). The van der Waals surface area contributed by atoms with Crippen LogP contribution in [-0.2, 0) is 18.9 Å². The normalized spacial score (nSPS) is 67.6. The Bertz CT molecular complexity index is 560. The molecular formula is C20H28O6. The summed E-state index contributed by atoms with van der Waals surface area (Å²) in [5.41, 5.74) is 0. The minimum Gasteiger partial charge on any atom is -0.387 e. The Morgan fingerprint density at radius 2 is 0.962 bits per heavy atom.